The number of aromatic nitrogens is 2. The van der Waals surface area contributed by atoms with Crippen molar-refractivity contribution in [3.05, 3.63) is 83.9 Å². The van der Waals surface area contributed by atoms with Crippen LogP contribution in [0.25, 0.3) is 22.4 Å². The first-order chi connectivity index (χ1) is 17.5. The lowest BCUT2D eigenvalue weighted by atomic mass is 10.3. The molecule has 7 nitrogen and oxygen atoms in total. The Balaban J connectivity index is 0.000000586. The molecular weight excluding hydrogens is 554 g/mol. The van der Waals surface area contributed by atoms with Crippen molar-refractivity contribution in [2.45, 2.75) is 18.4 Å². The molecule has 12 heteroatoms. The van der Waals surface area contributed by atoms with Gasteiger partial charge in [0, 0.05) is 24.6 Å². The molecule has 4 aromatic rings. The summed E-state index contributed by atoms with van der Waals surface area (Å²) in [5, 5.41) is 2.06. The van der Waals surface area contributed by atoms with Gasteiger partial charge in [0.1, 0.15) is 22.2 Å². The van der Waals surface area contributed by atoms with Gasteiger partial charge in [-0.3, -0.25) is 13.9 Å². The van der Waals surface area contributed by atoms with E-state index < -0.39 is 10.1 Å². The van der Waals surface area contributed by atoms with Gasteiger partial charge in [0.25, 0.3) is 20.7 Å². The number of thioether (sulfide) groups is 1. The Morgan fingerprint density at radius 2 is 1.84 bits per heavy atom. The van der Waals surface area contributed by atoms with Gasteiger partial charge in [0.2, 0.25) is 5.52 Å². The molecule has 0 saturated heterocycles. The zero-order valence-electron chi connectivity index (χ0n) is 20.5. The molecule has 5 rings (SSSR count). The van der Waals surface area contributed by atoms with Crippen LogP contribution in [0.15, 0.2) is 63.3 Å². The predicted molar refractivity (Wildman–Crippen MR) is 151 cm³/mol. The minimum Gasteiger partial charge on any atom is -0.338 e. The summed E-state index contributed by atoms with van der Waals surface area (Å²) in [6.45, 7) is 2.57. The lowest BCUT2D eigenvalue weighted by Crippen LogP contribution is -2.32. The first kappa shape index (κ1) is 27.3. The SMILES string of the molecule is CCn1c(=Cc2sc3ccc(F)cc3[n+]2C)sc(=CC=C2Sc3ccccc3N2C)c1=O.CS(=O)(=O)O. The van der Waals surface area contributed by atoms with Gasteiger partial charge in [-0.25, -0.2) is 4.39 Å². The Hall–Kier alpha value is -2.77. The van der Waals surface area contributed by atoms with E-state index in [4.69, 9.17) is 4.55 Å². The average molecular weight is 579 g/mol. The number of nitrogens with zero attached hydrogens (tertiary/aromatic N) is 3. The molecule has 3 heterocycles. The highest BCUT2D eigenvalue weighted by molar-refractivity contribution is 8.03. The van der Waals surface area contributed by atoms with Crippen molar-refractivity contribution >= 4 is 72.6 Å². The smallest absolute Gasteiger partial charge is 0.269 e. The molecule has 0 amide bonds. The molecule has 0 spiro atoms. The number of allylic oxidation sites excluding steroid dienone is 1. The van der Waals surface area contributed by atoms with E-state index in [1.165, 1.54) is 28.0 Å². The zero-order chi connectivity index (χ0) is 26.9. The van der Waals surface area contributed by atoms with E-state index in [1.807, 2.05) is 55.9 Å². The minimum atomic E-state index is -3.67. The van der Waals surface area contributed by atoms with Crippen LogP contribution >= 0.6 is 34.4 Å². The molecule has 0 radical (unpaired) electrons. The second-order valence-corrected chi connectivity index (χ2v) is 12.8. The third kappa shape index (κ3) is 6.21. The first-order valence-electron chi connectivity index (χ1n) is 11.1. The molecule has 37 heavy (non-hydrogen) atoms. The van der Waals surface area contributed by atoms with E-state index in [2.05, 4.69) is 17.0 Å². The fraction of sp³-hybridized carbons (Fsp3) is 0.200. The number of fused-ring (bicyclic) bond motifs is 2. The fourth-order valence-corrected chi connectivity index (χ4v) is 6.99. The van der Waals surface area contributed by atoms with Crippen LogP contribution in [-0.2, 0) is 23.7 Å². The summed E-state index contributed by atoms with van der Waals surface area (Å²) in [5.41, 5.74) is 2.04. The number of aryl methyl sites for hydroxylation is 1. The average Bonchev–Trinajstić information content (AvgIpc) is 3.43. The highest BCUT2D eigenvalue weighted by Gasteiger charge is 2.20. The van der Waals surface area contributed by atoms with Crippen molar-refractivity contribution < 1.29 is 21.9 Å². The highest BCUT2D eigenvalue weighted by atomic mass is 32.2. The van der Waals surface area contributed by atoms with Crippen molar-refractivity contribution in [1.82, 2.24) is 4.57 Å². The predicted octanol–water partition coefficient (Wildman–Crippen LogP) is 3.30. The lowest BCUT2D eigenvalue weighted by molar-refractivity contribution is -0.642. The molecule has 2 aromatic carbocycles. The van der Waals surface area contributed by atoms with Gasteiger partial charge >= 0.3 is 0 Å². The molecule has 1 N–H and O–H groups in total. The topological polar surface area (TPSA) is 83.5 Å². The molecular formula is C25H25FN3O4S4+. The van der Waals surface area contributed by atoms with Gasteiger partial charge in [-0.1, -0.05) is 35.2 Å². The number of anilines is 1. The molecule has 0 fully saturated rings. The number of hydrogen-bond acceptors (Lipinski definition) is 7. The van der Waals surface area contributed by atoms with Crippen LogP contribution in [0.2, 0.25) is 0 Å². The summed E-state index contributed by atoms with van der Waals surface area (Å²) in [4.78, 5) is 16.4. The molecule has 0 bridgehead atoms. The summed E-state index contributed by atoms with van der Waals surface area (Å²) >= 11 is 4.78. The largest absolute Gasteiger partial charge is 0.338 e. The first-order valence-corrected chi connectivity index (χ1v) is 15.4. The number of hydrogen-bond donors (Lipinski definition) is 1. The van der Waals surface area contributed by atoms with Gasteiger partial charge in [0.15, 0.2) is 0 Å². The van der Waals surface area contributed by atoms with Crippen LogP contribution in [0, 0.1) is 5.82 Å². The molecule has 1 aliphatic rings. The van der Waals surface area contributed by atoms with Crippen LogP contribution in [0.4, 0.5) is 10.1 Å². The summed E-state index contributed by atoms with van der Waals surface area (Å²) < 4.78 is 45.9. The Bertz CT molecular complexity index is 1800. The van der Waals surface area contributed by atoms with Crippen molar-refractivity contribution in [2.24, 2.45) is 7.05 Å². The molecule has 0 atom stereocenters. The van der Waals surface area contributed by atoms with E-state index in [0.717, 1.165) is 24.9 Å². The molecule has 1 aliphatic heterocycles. The maximum absolute atomic E-state index is 13.7. The maximum atomic E-state index is 13.7. The van der Waals surface area contributed by atoms with E-state index in [0.29, 0.717) is 17.3 Å². The summed E-state index contributed by atoms with van der Waals surface area (Å²) in [7, 11) is 0.301. The lowest BCUT2D eigenvalue weighted by Gasteiger charge is -2.12. The summed E-state index contributed by atoms with van der Waals surface area (Å²) in [5.74, 6) is -0.249. The monoisotopic (exact) mass is 578 g/mol. The van der Waals surface area contributed by atoms with Crippen LogP contribution in [0.3, 0.4) is 0 Å². The maximum Gasteiger partial charge on any atom is 0.269 e. The summed E-state index contributed by atoms with van der Waals surface area (Å²) in [6.07, 6.45) is 6.67. The second-order valence-electron chi connectivity index (χ2n) is 8.14. The van der Waals surface area contributed by atoms with Gasteiger partial charge in [-0.05, 0) is 43.3 Å². The minimum absolute atomic E-state index is 0.0126. The van der Waals surface area contributed by atoms with Gasteiger partial charge in [0.05, 0.1) is 27.6 Å². The second kappa shape index (κ2) is 10.9. The van der Waals surface area contributed by atoms with E-state index >= 15 is 0 Å². The normalized spacial score (nSPS) is 15.4. The Kier molecular flexibility index (Phi) is 8.05. The molecule has 0 saturated carbocycles. The number of benzene rings is 2. The Morgan fingerprint density at radius 3 is 2.51 bits per heavy atom. The van der Waals surface area contributed by atoms with Crippen LogP contribution < -0.4 is 24.2 Å². The van der Waals surface area contributed by atoms with Crippen molar-refractivity contribution in [3.63, 3.8) is 0 Å². The van der Waals surface area contributed by atoms with Gasteiger partial charge in [-0.15, -0.1) is 11.3 Å². The van der Waals surface area contributed by atoms with Gasteiger partial charge < -0.3 is 4.90 Å². The van der Waals surface area contributed by atoms with E-state index in [9.17, 15) is 17.6 Å². The number of thiazole rings is 2. The van der Waals surface area contributed by atoms with Crippen LogP contribution in [0.5, 0.6) is 0 Å². The molecule has 0 aliphatic carbocycles. The third-order valence-corrected chi connectivity index (χ3v) is 8.90. The van der Waals surface area contributed by atoms with Crippen LogP contribution in [-0.4, -0.2) is 30.8 Å². The molecule has 0 unspecified atom stereocenters. The van der Waals surface area contributed by atoms with E-state index in [-0.39, 0.29) is 11.4 Å². The number of para-hydroxylation sites is 1. The molecule has 194 valence electrons. The molecule has 2 aromatic heterocycles. The fourth-order valence-electron chi connectivity index (χ4n) is 3.74. The number of halogens is 1. The van der Waals surface area contributed by atoms with Crippen molar-refractivity contribution in [2.75, 3.05) is 18.2 Å². The quantitative estimate of drug-likeness (QED) is 0.297. The standard InChI is InChI=1S/C24H21FN3OS3.CH4O3S/c1-4-28-23(14-22-27(3)17-13-15(25)9-10-19(17)31-22)32-20(24(28)29)11-12-21-26(2)16-7-5-6-8-18(16)30-21;1-5(2,3)4/h5-14H,4H2,1-3H3;1H3,(H,2,3,4)/q+1;. The zero-order valence-corrected chi connectivity index (χ0v) is 23.8. The Labute approximate surface area is 225 Å². The number of rotatable bonds is 3. The summed E-state index contributed by atoms with van der Waals surface area (Å²) in [6, 6.07) is 13.1. The highest BCUT2D eigenvalue weighted by Crippen LogP contribution is 2.44. The van der Waals surface area contributed by atoms with Crippen LogP contribution in [0.1, 0.15) is 11.9 Å². The third-order valence-electron chi connectivity index (χ3n) is 5.48. The van der Waals surface area contributed by atoms with Gasteiger partial charge in [-0.2, -0.15) is 13.0 Å². The van der Waals surface area contributed by atoms with Crippen molar-refractivity contribution in [1.29, 1.82) is 0 Å². The Morgan fingerprint density at radius 1 is 1.14 bits per heavy atom. The van der Waals surface area contributed by atoms with Crippen molar-refractivity contribution in [3.8, 4) is 0 Å². The van der Waals surface area contributed by atoms with E-state index in [1.54, 1.807) is 39.8 Å².